The molecule has 14 nitrogen and oxygen atoms in total. The fourth-order valence-corrected chi connectivity index (χ4v) is 14.3. The van der Waals surface area contributed by atoms with E-state index in [4.69, 9.17) is 9.97 Å². The van der Waals surface area contributed by atoms with Crippen LogP contribution in [0.2, 0.25) is 0 Å². The molecule has 0 amide bonds. The molecule has 587 valence electrons. The van der Waals surface area contributed by atoms with Crippen molar-refractivity contribution >= 4 is 87.4 Å². The summed E-state index contributed by atoms with van der Waals surface area (Å²) in [6, 6.07) is 70.9. The summed E-state index contributed by atoms with van der Waals surface area (Å²) in [4.78, 5) is 68.2. The molecule has 17 rings (SSSR count). The van der Waals surface area contributed by atoms with E-state index in [-0.39, 0.29) is 101 Å². The predicted molar refractivity (Wildman–Crippen MR) is 450 cm³/mol. The van der Waals surface area contributed by atoms with Crippen molar-refractivity contribution in [3.05, 3.63) is 291 Å². The average molecular weight is 2040 g/mol. The van der Waals surface area contributed by atoms with E-state index >= 15 is 0 Å². The molecule has 7 aromatic heterocycles. The fourth-order valence-electron chi connectivity index (χ4n) is 14.3. The number of aliphatic hydroxyl groups excluding tert-OH is 2. The molecule has 2 aliphatic carbocycles. The van der Waals surface area contributed by atoms with Gasteiger partial charge in [0, 0.05) is 201 Å². The van der Waals surface area contributed by atoms with Crippen LogP contribution in [0.15, 0.2) is 262 Å². The van der Waals surface area contributed by atoms with Crippen LogP contribution in [0, 0.1) is 47.9 Å². The smallest absolute Gasteiger partial charge is 0.162 e. The minimum Gasteiger partial charge on any atom is -0.512 e. The van der Waals surface area contributed by atoms with Gasteiger partial charge in [0.15, 0.2) is 11.6 Å². The molecule has 0 unspecified atom stereocenters. The van der Waals surface area contributed by atoms with Gasteiger partial charge in [0.05, 0.1) is 45.5 Å². The number of aromatic nitrogens is 10. The fraction of sp³-hybridized carbons (Fsp3) is 0.258. The van der Waals surface area contributed by atoms with Gasteiger partial charge in [-0.3, -0.25) is 54.4 Å². The Bertz CT molecular complexity index is 5660. The number of ketones is 2. The first kappa shape index (κ1) is 87.7. The van der Waals surface area contributed by atoms with E-state index in [2.05, 4.69) is 108 Å². The molecule has 0 spiro atoms. The molecule has 8 aromatic carbocycles. The number of benzene rings is 8. The number of rotatable bonds is 15. The third-order valence-electron chi connectivity index (χ3n) is 20.8. The maximum Gasteiger partial charge on any atom is 0.162 e. The van der Waals surface area contributed by atoms with Crippen molar-refractivity contribution < 1.29 is 80.1 Å². The van der Waals surface area contributed by atoms with Gasteiger partial charge in [-0.05, 0) is 109 Å². The summed E-state index contributed by atoms with van der Waals surface area (Å²) in [5, 5.41) is 31.9. The molecule has 0 atom stereocenters. The molecule has 0 aliphatic heterocycles. The van der Waals surface area contributed by atoms with Gasteiger partial charge >= 0.3 is 0 Å². The van der Waals surface area contributed by atoms with Crippen molar-refractivity contribution in [1.82, 2.24) is 49.8 Å². The van der Waals surface area contributed by atoms with E-state index in [9.17, 15) is 19.8 Å². The number of pyridine rings is 4. The van der Waals surface area contributed by atoms with Crippen LogP contribution in [-0.2, 0) is 69.9 Å². The Morgan fingerprint density at radius 1 is 0.412 bits per heavy atom. The first-order valence-corrected chi connectivity index (χ1v) is 39.0. The topological polar surface area (TPSA) is 203 Å². The van der Waals surface area contributed by atoms with Crippen LogP contribution in [-0.4, -0.2) is 71.6 Å². The minimum atomic E-state index is 0. The Hall–Kier alpha value is -10.2. The molecule has 2 N–H and O–H groups in total. The number of nitrogens with zero attached hydrogens (tertiary/aromatic N) is 10. The van der Waals surface area contributed by atoms with Gasteiger partial charge in [-0.25, -0.2) is 0 Å². The van der Waals surface area contributed by atoms with E-state index in [0.29, 0.717) is 29.2 Å². The quantitative estimate of drug-likeness (QED) is 0.0424. The number of allylic oxidation sites excluding steroid dienone is 4. The summed E-state index contributed by atoms with van der Waals surface area (Å²) in [5.41, 5.74) is 8.90. The molecule has 2 fully saturated rings. The Kier molecular flexibility index (Phi) is 34.2. The first-order chi connectivity index (χ1) is 54.4. The number of carbonyl (C=O) groups is 2. The Morgan fingerprint density at radius 2 is 0.886 bits per heavy atom. The molecule has 2 aliphatic rings. The predicted octanol–water partition coefficient (Wildman–Crippen LogP) is 23.8. The summed E-state index contributed by atoms with van der Waals surface area (Å²) in [7, 11) is 0. The van der Waals surface area contributed by atoms with Gasteiger partial charge in [-0.15, -0.1) is 143 Å². The van der Waals surface area contributed by atoms with E-state index in [0.717, 1.165) is 144 Å². The monoisotopic (exact) mass is 2040 g/mol. The van der Waals surface area contributed by atoms with Crippen LogP contribution in [0.1, 0.15) is 143 Å². The zero-order valence-corrected chi connectivity index (χ0v) is 72.3. The van der Waals surface area contributed by atoms with Crippen LogP contribution >= 0.6 is 0 Å². The normalized spacial score (nSPS) is 13.0. The van der Waals surface area contributed by atoms with Crippen molar-refractivity contribution in [1.29, 1.82) is 0 Å². The van der Waals surface area contributed by atoms with Gasteiger partial charge in [0.25, 0.3) is 0 Å². The van der Waals surface area contributed by atoms with Gasteiger partial charge < -0.3 is 15.2 Å². The molecule has 2 saturated carbocycles. The van der Waals surface area contributed by atoms with Crippen LogP contribution in [0.5, 0.6) is 0 Å². The molecule has 15 aromatic rings. The third kappa shape index (κ3) is 23.1. The second-order valence-corrected chi connectivity index (χ2v) is 28.4. The maximum atomic E-state index is 12.0. The van der Waals surface area contributed by atoms with Crippen LogP contribution in [0.4, 0.5) is 0 Å². The van der Waals surface area contributed by atoms with E-state index in [1.807, 2.05) is 217 Å². The maximum absolute atomic E-state index is 12.0. The number of hydrogen-bond acceptors (Lipinski definition) is 14. The molecular weight excluding hydrogens is 1950 g/mol. The van der Waals surface area contributed by atoms with Gasteiger partial charge in [0.2, 0.25) is 0 Å². The van der Waals surface area contributed by atoms with Crippen LogP contribution < -0.4 is 0 Å². The van der Waals surface area contributed by atoms with Gasteiger partial charge in [-0.2, -0.15) is 0 Å². The summed E-state index contributed by atoms with van der Waals surface area (Å²) in [6.07, 6.45) is 36.3. The van der Waals surface area contributed by atoms with Gasteiger partial charge in [0.1, 0.15) is 0 Å². The Labute approximate surface area is 709 Å². The van der Waals surface area contributed by atoms with Crippen LogP contribution in [0.3, 0.4) is 0 Å². The number of fused-ring (bicyclic) bond motifs is 10. The summed E-state index contributed by atoms with van der Waals surface area (Å²) >= 11 is 0. The van der Waals surface area contributed by atoms with Crippen LogP contribution in [0.25, 0.3) is 121 Å². The second-order valence-electron chi connectivity index (χ2n) is 28.4. The van der Waals surface area contributed by atoms with E-state index < -0.39 is 0 Å². The molecule has 7 heterocycles. The number of hydrogen-bond donors (Lipinski definition) is 2. The second kappa shape index (κ2) is 44.4. The first-order valence-electron chi connectivity index (χ1n) is 39.0. The minimum absolute atomic E-state index is 0. The summed E-state index contributed by atoms with van der Waals surface area (Å²) < 4.78 is 0. The zero-order valence-electron chi connectivity index (χ0n) is 65.1. The summed E-state index contributed by atoms with van der Waals surface area (Å²) in [5.74, 6) is 4.11. The third-order valence-corrected chi connectivity index (χ3v) is 20.8. The van der Waals surface area contributed by atoms with E-state index in [1.165, 1.54) is 60.9 Å². The van der Waals surface area contributed by atoms with Crippen molar-refractivity contribution in [3.63, 3.8) is 0 Å². The molecule has 3 radical (unpaired) electrons. The van der Waals surface area contributed by atoms with Crippen molar-refractivity contribution in [2.24, 2.45) is 23.7 Å². The van der Waals surface area contributed by atoms with E-state index in [1.54, 1.807) is 24.7 Å². The van der Waals surface area contributed by atoms with Crippen molar-refractivity contribution in [2.45, 2.75) is 137 Å². The molecule has 17 heteroatoms. The molecular formula is C97H94Ir3N10O4-4. The molecule has 0 saturated heterocycles. The Morgan fingerprint density at radius 3 is 1.43 bits per heavy atom. The average Bonchev–Trinajstić information content (AvgIpc) is 0.814. The standard InChI is InChI=1S/C20H16N3.2C17H10N3.C15H10N.C15H24O2.C13H24O2.3Ir/c1-13(2)14-4-3-5-15(10-14)20-22-12-17-7-6-16-11-21-9-8-18(16)19(17)23-20;1-2-4-12(5-3-1)17-19-11-15-14-8-9-18-10-13(14)6-7-16(15)20-17;1-2-4-12(5-3-1)17-19-11-14-7-6-13-10-18-9-8-15(13)16(14)20-17;1-2-7-13(8-3-1)15-14-9-5-4-6-12(14)10-11-16-15;16-14(12-7-3-1-4-8-12)11-15(17)13-9-5-2-6-10-13;1-5-10(6-2)12(14)9-13(15)11(7-3)8-4;;;/h3-4,6-13H,1-2H3;2*1-4,6-11H;1-7,9-11H;11-13,16H,1-10H2;9-11,14H,5-8H2,1-4H3;;;/q4*-1;;;;;. The SMILES string of the molecule is CC(C)c1cc[c-]c(-c2ncc3ccc4cnccc4c3n2)c1.CCC(CC)C(=O)C=C(O)C(CC)CC.O=C(C=C(O)C1CCCCC1)C1CCCCC1.[Ir].[Ir].[Ir].[c-]1ccccc1-c1ncc2c(ccc3cnccc32)n1.[c-]1ccccc1-c1ncc2ccc3cnccc3c2n1.[c-]1ccccc1-c1nccc2ccccc12. The van der Waals surface area contributed by atoms with Gasteiger partial charge in [-0.1, -0.05) is 135 Å². The largest absolute Gasteiger partial charge is 0.512 e. The summed E-state index contributed by atoms with van der Waals surface area (Å²) in [6.45, 7) is 12.4. The number of carbonyl (C=O) groups excluding carboxylic acids is 2. The molecule has 114 heavy (non-hydrogen) atoms. The zero-order chi connectivity index (χ0) is 77.3. The van der Waals surface area contributed by atoms with Crippen molar-refractivity contribution in [3.8, 4) is 45.4 Å². The number of aliphatic hydroxyl groups is 2. The Balaban J connectivity index is 0.000000157. The molecule has 0 bridgehead atoms. The van der Waals surface area contributed by atoms with Crippen molar-refractivity contribution in [2.75, 3.05) is 0 Å².